The number of nitrogens with two attached hydrogens (primary N) is 2. The first-order valence-corrected chi connectivity index (χ1v) is 10.9. The van der Waals surface area contributed by atoms with Crippen molar-refractivity contribution in [2.75, 3.05) is 0 Å². The van der Waals surface area contributed by atoms with Gasteiger partial charge in [-0.3, -0.25) is 10.4 Å². The van der Waals surface area contributed by atoms with E-state index >= 15 is 0 Å². The first-order chi connectivity index (χ1) is 14.9. The molecular formula is C24H29Cl3N6. The SMILES string of the molecule is Cc1ccc2nc(C=Cc3ccc(Cl)cc3)nc([C@@H]3CCCC[C@@H]3N(N)C(=N)N)c2c1.Cl.Cl. The molecule has 5 N–H and O–H groups in total. The van der Waals surface area contributed by atoms with Gasteiger partial charge in [0.15, 0.2) is 5.82 Å². The van der Waals surface area contributed by atoms with Gasteiger partial charge in [0.05, 0.1) is 17.3 Å². The Morgan fingerprint density at radius 3 is 2.45 bits per heavy atom. The molecule has 2 aromatic carbocycles. The van der Waals surface area contributed by atoms with Gasteiger partial charge in [-0.2, -0.15) is 0 Å². The smallest absolute Gasteiger partial charge is 0.203 e. The van der Waals surface area contributed by atoms with Crippen LogP contribution in [0.3, 0.4) is 0 Å². The average molecular weight is 508 g/mol. The summed E-state index contributed by atoms with van der Waals surface area (Å²) in [5.41, 5.74) is 9.79. The number of rotatable bonds is 4. The number of hydrogen-bond donors (Lipinski definition) is 3. The minimum Gasteiger partial charge on any atom is -0.369 e. The predicted molar refractivity (Wildman–Crippen MR) is 142 cm³/mol. The predicted octanol–water partition coefficient (Wildman–Crippen LogP) is 5.70. The zero-order chi connectivity index (χ0) is 22.0. The highest BCUT2D eigenvalue weighted by Crippen LogP contribution is 2.37. The Balaban J connectivity index is 0.00000193. The molecule has 3 aromatic rings. The molecule has 1 aliphatic rings. The molecule has 0 radical (unpaired) electrons. The Labute approximate surface area is 211 Å². The van der Waals surface area contributed by atoms with Gasteiger partial charge in [0.25, 0.3) is 0 Å². The van der Waals surface area contributed by atoms with Crippen molar-refractivity contribution in [3.8, 4) is 0 Å². The number of benzene rings is 2. The normalized spacial score (nSPS) is 17.9. The van der Waals surface area contributed by atoms with E-state index in [0.717, 1.165) is 53.4 Å². The highest BCUT2D eigenvalue weighted by molar-refractivity contribution is 6.30. The summed E-state index contributed by atoms with van der Waals surface area (Å²) in [6.45, 7) is 2.07. The van der Waals surface area contributed by atoms with E-state index in [1.807, 2.05) is 42.5 Å². The third-order valence-electron chi connectivity index (χ3n) is 5.91. The van der Waals surface area contributed by atoms with Crippen LogP contribution in [0.15, 0.2) is 42.5 Å². The maximum absolute atomic E-state index is 7.83. The van der Waals surface area contributed by atoms with Crippen molar-refractivity contribution < 1.29 is 0 Å². The van der Waals surface area contributed by atoms with E-state index in [9.17, 15) is 0 Å². The summed E-state index contributed by atoms with van der Waals surface area (Å²) in [6.07, 6.45) is 7.90. The fraction of sp³-hybridized carbons (Fsp3) is 0.292. The molecule has 4 rings (SSSR count). The first-order valence-electron chi connectivity index (χ1n) is 10.5. The Morgan fingerprint density at radius 1 is 1.06 bits per heavy atom. The molecule has 1 fully saturated rings. The van der Waals surface area contributed by atoms with Crippen LogP contribution in [0.5, 0.6) is 0 Å². The van der Waals surface area contributed by atoms with Crippen molar-refractivity contribution in [2.45, 2.75) is 44.6 Å². The van der Waals surface area contributed by atoms with Gasteiger partial charge in [0, 0.05) is 16.3 Å². The lowest BCUT2D eigenvalue weighted by Gasteiger charge is -2.37. The fourth-order valence-corrected chi connectivity index (χ4v) is 4.45. The number of aryl methyl sites for hydroxylation is 1. The van der Waals surface area contributed by atoms with Gasteiger partial charge in [-0.25, -0.2) is 15.8 Å². The summed E-state index contributed by atoms with van der Waals surface area (Å²) in [5, 5.41) is 11.0. The molecule has 0 saturated heterocycles. The summed E-state index contributed by atoms with van der Waals surface area (Å²) in [7, 11) is 0. The quantitative estimate of drug-likeness (QED) is 0.182. The van der Waals surface area contributed by atoms with Crippen LogP contribution in [0.4, 0.5) is 0 Å². The summed E-state index contributed by atoms with van der Waals surface area (Å²) in [5.74, 6) is 6.81. The minimum absolute atomic E-state index is 0. The molecule has 9 heteroatoms. The second kappa shape index (κ2) is 11.7. The Bertz CT molecular complexity index is 1130. The lowest BCUT2D eigenvalue weighted by Crippen LogP contribution is -2.52. The Hall–Kier alpha value is -2.38. The Morgan fingerprint density at radius 2 is 1.76 bits per heavy atom. The van der Waals surface area contributed by atoms with Crippen LogP contribution in [-0.4, -0.2) is 27.0 Å². The summed E-state index contributed by atoms with van der Waals surface area (Å²) in [6, 6.07) is 13.8. The standard InChI is InChI=1S/C24H27ClN6.2ClH/c1-15-6-12-20-19(14-15)23(18-4-2-3-5-21(18)31(28)24(26)27)30-22(29-20)13-9-16-7-10-17(25)11-8-16;;/h6-14,18,21H,2-5,28H2,1H3,(H3,26,27);2*1H/t18-,21+;;/m1../s1. The Kier molecular flexibility index (Phi) is 9.49. The number of nitrogens with one attached hydrogen (secondary N) is 1. The molecule has 2 atom stereocenters. The summed E-state index contributed by atoms with van der Waals surface area (Å²) < 4.78 is 0. The van der Waals surface area contributed by atoms with Crippen LogP contribution < -0.4 is 11.6 Å². The van der Waals surface area contributed by atoms with Crippen LogP contribution in [0.2, 0.25) is 5.02 Å². The van der Waals surface area contributed by atoms with Gasteiger partial charge in [0.2, 0.25) is 5.96 Å². The average Bonchev–Trinajstić information content (AvgIpc) is 2.77. The summed E-state index contributed by atoms with van der Waals surface area (Å²) in [4.78, 5) is 9.75. The molecule has 0 spiro atoms. The summed E-state index contributed by atoms with van der Waals surface area (Å²) >= 11 is 5.99. The number of aromatic nitrogens is 2. The monoisotopic (exact) mass is 506 g/mol. The van der Waals surface area contributed by atoms with Gasteiger partial charge in [-0.05, 0) is 55.7 Å². The number of hydrazine groups is 1. The molecular weight excluding hydrogens is 479 g/mol. The van der Waals surface area contributed by atoms with Gasteiger partial charge in [0.1, 0.15) is 0 Å². The number of halogens is 3. The van der Waals surface area contributed by atoms with E-state index in [-0.39, 0.29) is 42.7 Å². The second-order valence-corrected chi connectivity index (χ2v) is 8.56. The number of guanidine groups is 1. The minimum atomic E-state index is -0.116. The molecule has 0 amide bonds. The molecule has 176 valence electrons. The van der Waals surface area contributed by atoms with Crippen LogP contribution in [-0.2, 0) is 0 Å². The number of fused-ring (bicyclic) bond motifs is 1. The van der Waals surface area contributed by atoms with E-state index < -0.39 is 0 Å². The van der Waals surface area contributed by atoms with Crippen molar-refractivity contribution >= 4 is 65.4 Å². The van der Waals surface area contributed by atoms with Crippen LogP contribution in [0.25, 0.3) is 23.1 Å². The molecule has 0 aliphatic heterocycles. The maximum atomic E-state index is 7.83. The number of nitrogens with zero attached hydrogens (tertiary/aromatic N) is 3. The highest BCUT2D eigenvalue weighted by atomic mass is 35.5. The third-order valence-corrected chi connectivity index (χ3v) is 6.16. The van der Waals surface area contributed by atoms with Crippen molar-refractivity contribution in [3.63, 3.8) is 0 Å². The second-order valence-electron chi connectivity index (χ2n) is 8.12. The van der Waals surface area contributed by atoms with E-state index in [1.54, 1.807) is 0 Å². The molecule has 6 nitrogen and oxygen atoms in total. The van der Waals surface area contributed by atoms with E-state index in [4.69, 9.17) is 38.6 Å². The molecule has 0 unspecified atom stereocenters. The molecule has 1 saturated carbocycles. The fourth-order valence-electron chi connectivity index (χ4n) is 4.33. The van der Waals surface area contributed by atoms with Crippen molar-refractivity contribution in [1.29, 1.82) is 5.41 Å². The van der Waals surface area contributed by atoms with Gasteiger partial charge >= 0.3 is 0 Å². The van der Waals surface area contributed by atoms with Crippen LogP contribution >= 0.6 is 36.4 Å². The van der Waals surface area contributed by atoms with E-state index in [2.05, 4.69) is 19.1 Å². The van der Waals surface area contributed by atoms with Gasteiger partial charge < -0.3 is 5.73 Å². The zero-order valence-electron chi connectivity index (χ0n) is 18.4. The van der Waals surface area contributed by atoms with Crippen molar-refractivity contribution in [3.05, 3.63) is 70.1 Å². The highest BCUT2D eigenvalue weighted by Gasteiger charge is 2.33. The van der Waals surface area contributed by atoms with Crippen molar-refractivity contribution in [2.24, 2.45) is 11.6 Å². The molecule has 1 heterocycles. The van der Waals surface area contributed by atoms with Crippen LogP contribution in [0.1, 0.15) is 54.2 Å². The molecule has 1 aromatic heterocycles. The third kappa shape index (κ3) is 6.15. The first kappa shape index (κ1) is 26.9. The molecule has 0 bridgehead atoms. The number of hydrogen-bond acceptors (Lipinski definition) is 4. The van der Waals surface area contributed by atoms with Crippen molar-refractivity contribution in [1.82, 2.24) is 15.0 Å². The lowest BCUT2D eigenvalue weighted by atomic mass is 9.80. The lowest BCUT2D eigenvalue weighted by molar-refractivity contribution is 0.212. The van der Waals surface area contributed by atoms with E-state index in [1.165, 1.54) is 5.01 Å². The van der Waals surface area contributed by atoms with E-state index in [0.29, 0.717) is 10.8 Å². The molecule has 33 heavy (non-hydrogen) atoms. The maximum Gasteiger partial charge on any atom is 0.203 e. The largest absolute Gasteiger partial charge is 0.369 e. The topological polar surface area (TPSA) is 105 Å². The zero-order valence-corrected chi connectivity index (χ0v) is 20.8. The van der Waals surface area contributed by atoms with Crippen LogP contribution in [0, 0.1) is 12.3 Å². The molecule has 1 aliphatic carbocycles. The van der Waals surface area contributed by atoms with Gasteiger partial charge in [-0.15, -0.1) is 24.8 Å². The van der Waals surface area contributed by atoms with Gasteiger partial charge in [-0.1, -0.05) is 54.3 Å².